The standard InChI is InChI=1S/C12H13ClN2O.2ClH/c1-15-4-2-3-10(15)12-6-9-11(16-12)5-8(13)7-14-9;;/h5-7,10H,2-4H2,1H3;2*1H/t10-;;/m0../s1. The largest absolute Gasteiger partial charge is 0.458 e. The van der Waals surface area contributed by atoms with Gasteiger partial charge in [0.1, 0.15) is 11.3 Å². The van der Waals surface area contributed by atoms with E-state index in [1.165, 1.54) is 6.42 Å². The Morgan fingerprint density at radius 1 is 1.39 bits per heavy atom. The van der Waals surface area contributed by atoms with Crippen molar-refractivity contribution in [3.8, 4) is 0 Å². The fraction of sp³-hybridized carbons (Fsp3) is 0.417. The second kappa shape index (κ2) is 6.11. The van der Waals surface area contributed by atoms with Crippen molar-refractivity contribution in [1.29, 1.82) is 0 Å². The van der Waals surface area contributed by atoms with Crippen molar-refractivity contribution in [3.05, 3.63) is 29.1 Å². The third-order valence-electron chi connectivity index (χ3n) is 3.20. The lowest BCUT2D eigenvalue weighted by molar-refractivity contribution is 0.281. The Labute approximate surface area is 123 Å². The van der Waals surface area contributed by atoms with Crippen LogP contribution in [0.3, 0.4) is 0 Å². The molecule has 0 N–H and O–H groups in total. The van der Waals surface area contributed by atoms with Crippen molar-refractivity contribution in [3.63, 3.8) is 0 Å². The van der Waals surface area contributed by atoms with E-state index in [1.807, 2.05) is 12.1 Å². The van der Waals surface area contributed by atoms with Gasteiger partial charge in [-0.1, -0.05) is 11.6 Å². The Morgan fingerprint density at radius 3 is 2.83 bits per heavy atom. The summed E-state index contributed by atoms with van der Waals surface area (Å²) in [5.74, 6) is 1.00. The highest BCUT2D eigenvalue weighted by molar-refractivity contribution is 6.30. The molecule has 2 aromatic heterocycles. The lowest BCUT2D eigenvalue weighted by Gasteiger charge is -2.16. The highest BCUT2D eigenvalue weighted by Crippen LogP contribution is 2.33. The molecule has 0 amide bonds. The molecular weight excluding hydrogens is 295 g/mol. The third-order valence-corrected chi connectivity index (χ3v) is 3.41. The van der Waals surface area contributed by atoms with Gasteiger partial charge in [-0.15, -0.1) is 24.8 Å². The first-order chi connectivity index (χ1) is 7.74. The van der Waals surface area contributed by atoms with Crippen LogP contribution in [0.4, 0.5) is 0 Å². The molecule has 0 radical (unpaired) electrons. The Kier molecular flexibility index (Phi) is 5.29. The number of hydrogen-bond acceptors (Lipinski definition) is 3. The van der Waals surface area contributed by atoms with E-state index < -0.39 is 0 Å². The Bertz CT molecular complexity index is 529. The van der Waals surface area contributed by atoms with Crippen LogP contribution in [0.2, 0.25) is 5.02 Å². The van der Waals surface area contributed by atoms with E-state index in [1.54, 1.807) is 6.20 Å². The summed E-state index contributed by atoms with van der Waals surface area (Å²) in [6, 6.07) is 4.24. The summed E-state index contributed by atoms with van der Waals surface area (Å²) in [6.45, 7) is 1.13. The van der Waals surface area contributed by atoms with E-state index >= 15 is 0 Å². The number of nitrogens with zero attached hydrogens (tertiary/aromatic N) is 2. The van der Waals surface area contributed by atoms with Crippen molar-refractivity contribution >= 4 is 47.5 Å². The molecule has 1 atom stereocenters. The molecular formula is C12H15Cl3N2O. The van der Waals surface area contributed by atoms with E-state index in [2.05, 4.69) is 16.9 Å². The van der Waals surface area contributed by atoms with E-state index in [-0.39, 0.29) is 24.8 Å². The molecule has 0 unspecified atom stereocenters. The fourth-order valence-electron chi connectivity index (χ4n) is 2.35. The highest BCUT2D eigenvalue weighted by Gasteiger charge is 2.25. The maximum atomic E-state index is 5.88. The minimum absolute atomic E-state index is 0. The van der Waals surface area contributed by atoms with Gasteiger partial charge in [0.05, 0.1) is 11.1 Å². The summed E-state index contributed by atoms with van der Waals surface area (Å²) >= 11 is 5.88. The van der Waals surface area contributed by atoms with Gasteiger partial charge in [0.25, 0.3) is 0 Å². The Balaban J connectivity index is 0.000000810. The van der Waals surface area contributed by atoms with Gasteiger partial charge < -0.3 is 4.42 Å². The van der Waals surface area contributed by atoms with E-state index in [9.17, 15) is 0 Å². The fourth-order valence-corrected chi connectivity index (χ4v) is 2.49. The second-order valence-electron chi connectivity index (χ2n) is 4.32. The molecule has 0 aromatic carbocycles. The number of likely N-dealkylation sites (tertiary alicyclic amines) is 1. The third kappa shape index (κ3) is 2.75. The van der Waals surface area contributed by atoms with E-state index in [0.29, 0.717) is 11.1 Å². The Morgan fingerprint density at radius 2 is 2.17 bits per heavy atom. The zero-order chi connectivity index (χ0) is 11.1. The summed E-state index contributed by atoms with van der Waals surface area (Å²) < 4.78 is 5.81. The monoisotopic (exact) mass is 308 g/mol. The maximum Gasteiger partial charge on any atom is 0.154 e. The topological polar surface area (TPSA) is 29.3 Å². The molecule has 3 rings (SSSR count). The number of aromatic nitrogens is 1. The van der Waals surface area contributed by atoms with Gasteiger partial charge in [0.2, 0.25) is 0 Å². The van der Waals surface area contributed by atoms with Gasteiger partial charge in [-0.05, 0) is 26.4 Å². The van der Waals surface area contributed by atoms with Crippen molar-refractivity contribution in [2.75, 3.05) is 13.6 Å². The number of halogens is 3. The van der Waals surface area contributed by atoms with Gasteiger partial charge in [-0.3, -0.25) is 9.88 Å². The van der Waals surface area contributed by atoms with Crippen LogP contribution in [-0.2, 0) is 0 Å². The number of pyridine rings is 1. The number of fused-ring (bicyclic) bond motifs is 1. The normalized spacial score (nSPS) is 19.6. The molecule has 1 aliphatic rings. The predicted octanol–water partition coefficient (Wildman–Crippen LogP) is 4.09. The molecule has 2 aromatic rings. The molecule has 0 aliphatic carbocycles. The quantitative estimate of drug-likeness (QED) is 0.794. The zero-order valence-corrected chi connectivity index (χ0v) is 12.3. The van der Waals surface area contributed by atoms with Gasteiger partial charge in [0.15, 0.2) is 5.58 Å². The average Bonchev–Trinajstić information content (AvgIpc) is 2.82. The maximum absolute atomic E-state index is 5.88. The smallest absolute Gasteiger partial charge is 0.154 e. The van der Waals surface area contributed by atoms with Gasteiger partial charge >= 0.3 is 0 Å². The predicted molar refractivity (Wildman–Crippen MR) is 78.1 cm³/mol. The highest BCUT2D eigenvalue weighted by atomic mass is 35.5. The van der Waals surface area contributed by atoms with Crippen LogP contribution in [0.1, 0.15) is 24.6 Å². The van der Waals surface area contributed by atoms with E-state index in [0.717, 1.165) is 29.8 Å². The van der Waals surface area contributed by atoms with Gasteiger partial charge in [-0.2, -0.15) is 0 Å². The molecule has 100 valence electrons. The lowest BCUT2D eigenvalue weighted by atomic mass is 10.2. The first-order valence-electron chi connectivity index (χ1n) is 5.49. The van der Waals surface area contributed by atoms with Gasteiger partial charge in [-0.25, -0.2) is 0 Å². The minimum atomic E-state index is 0. The van der Waals surface area contributed by atoms with Crippen molar-refractivity contribution in [2.45, 2.75) is 18.9 Å². The molecule has 0 saturated carbocycles. The summed E-state index contributed by atoms with van der Waals surface area (Å²) in [5, 5.41) is 0.619. The first kappa shape index (κ1) is 15.6. The molecule has 3 heterocycles. The van der Waals surface area contributed by atoms with Crippen LogP contribution in [0, 0.1) is 0 Å². The van der Waals surface area contributed by atoms with Crippen molar-refractivity contribution in [2.24, 2.45) is 0 Å². The van der Waals surface area contributed by atoms with Crippen LogP contribution >= 0.6 is 36.4 Å². The van der Waals surface area contributed by atoms with Crippen LogP contribution in [0.5, 0.6) is 0 Å². The lowest BCUT2D eigenvalue weighted by Crippen LogP contribution is -2.16. The molecule has 0 bridgehead atoms. The first-order valence-corrected chi connectivity index (χ1v) is 5.87. The van der Waals surface area contributed by atoms with Crippen LogP contribution < -0.4 is 0 Å². The average molecular weight is 310 g/mol. The minimum Gasteiger partial charge on any atom is -0.458 e. The number of rotatable bonds is 1. The van der Waals surface area contributed by atoms with Crippen LogP contribution in [0.25, 0.3) is 11.1 Å². The van der Waals surface area contributed by atoms with Gasteiger partial charge in [0, 0.05) is 18.3 Å². The van der Waals surface area contributed by atoms with E-state index in [4.69, 9.17) is 16.0 Å². The summed E-state index contributed by atoms with van der Waals surface area (Å²) in [7, 11) is 2.13. The van der Waals surface area contributed by atoms with Crippen LogP contribution in [-0.4, -0.2) is 23.5 Å². The number of hydrogen-bond donors (Lipinski definition) is 0. The number of furan rings is 1. The molecule has 6 heteroatoms. The van der Waals surface area contributed by atoms with Crippen molar-refractivity contribution < 1.29 is 4.42 Å². The summed E-state index contributed by atoms with van der Waals surface area (Å²) in [5.41, 5.74) is 1.67. The molecule has 0 spiro atoms. The van der Waals surface area contributed by atoms with Crippen molar-refractivity contribution in [1.82, 2.24) is 9.88 Å². The Hall–Kier alpha value is -0.480. The SMILES string of the molecule is CN1CCC[C@H]1c1cc2ncc(Cl)cc2o1.Cl.Cl. The molecule has 3 nitrogen and oxygen atoms in total. The molecule has 18 heavy (non-hydrogen) atoms. The molecule has 1 fully saturated rings. The summed E-state index contributed by atoms with van der Waals surface area (Å²) in [4.78, 5) is 6.57. The zero-order valence-electron chi connectivity index (χ0n) is 9.93. The van der Waals surface area contributed by atoms with Crippen LogP contribution in [0.15, 0.2) is 22.7 Å². The summed E-state index contributed by atoms with van der Waals surface area (Å²) in [6.07, 6.45) is 4.04. The molecule has 1 aliphatic heterocycles. The molecule has 1 saturated heterocycles. The second-order valence-corrected chi connectivity index (χ2v) is 4.76.